The molecule has 4 nitrogen and oxygen atoms in total. The molecule has 2 fully saturated rings. The minimum Gasteiger partial charge on any atom is -0.497 e. The molecule has 1 saturated carbocycles. The van der Waals surface area contributed by atoms with E-state index in [1.807, 2.05) is 30.3 Å². The topological polar surface area (TPSA) is 43.1 Å². The highest BCUT2D eigenvalue weighted by Gasteiger charge is 2.52. The van der Waals surface area contributed by atoms with Crippen molar-refractivity contribution in [3.63, 3.8) is 0 Å². The maximum atomic E-state index is 14.4. The van der Waals surface area contributed by atoms with Crippen molar-refractivity contribution in [2.24, 2.45) is 5.92 Å². The molecule has 29 heavy (non-hydrogen) atoms. The highest BCUT2D eigenvalue weighted by molar-refractivity contribution is 5.42. The van der Waals surface area contributed by atoms with E-state index in [9.17, 15) is 9.50 Å². The Morgan fingerprint density at radius 2 is 1.93 bits per heavy atom. The number of quaternary nitrogens is 1. The van der Waals surface area contributed by atoms with Crippen LogP contribution in [0.5, 0.6) is 11.5 Å². The van der Waals surface area contributed by atoms with Gasteiger partial charge in [0.25, 0.3) is 0 Å². The average molecular weight is 401 g/mol. The van der Waals surface area contributed by atoms with Crippen LogP contribution in [0.25, 0.3) is 0 Å². The van der Waals surface area contributed by atoms with Gasteiger partial charge in [-0.3, -0.25) is 0 Å². The van der Waals surface area contributed by atoms with Gasteiger partial charge in [0.15, 0.2) is 0 Å². The van der Waals surface area contributed by atoms with Gasteiger partial charge in [0.1, 0.15) is 29.9 Å². The molecule has 5 heteroatoms. The van der Waals surface area contributed by atoms with Crippen LogP contribution in [0.15, 0.2) is 42.5 Å². The van der Waals surface area contributed by atoms with Gasteiger partial charge in [0.2, 0.25) is 0 Å². The molecule has 2 aliphatic rings. The molecule has 1 aliphatic heterocycles. The zero-order valence-electron chi connectivity index (χ0n) is 17.3. The van der Waals surface area contributed by atoms with Crippen molar-refractivity contribution >= 4 is 0 Å². The fourth-order valence-corrected chi connectivity index (χ4v) is 5.46. The normalized spacial score (nSPS) is 29.2. The van der Waals surface area contributed by atoms with Gasteiger partial charge in [0, 0.05) is 17.9 Å². The maximum Gasteiger partial charge on any atom is 0.132 e. The van der Waals surface area contributed by atoms with Crippen LogP contribution in [0.2, 0.25) is 0 Å². The molecular weight excluding hydrogens is 369 g/mol. The lowest BCUT2D eigenvalue weighted by Gasteiger charge is -2.50. The van der Waals surface area contributed by atoms with Gasteiger partial charge < -0.3 is 19.5 Å². The molecule has 2 N–H and O–H groups in total. The fraction of sp³-hybridized carbons (Fsp3) is 0.500. The molecule has 1 aliphatic carbocycles. The van der Waals surface area contributed by atoms with Crippen LogP contribution in [0.1, 0.15) is 49.3 Å². The van der Waals surface area contributed by atoms with Gasteiger partial charge in [0.05, 0.1) is 31.9 Å². The highest BCUT2D eigenvalue weighted by Crippen LogP contribution is 2.46. The Bertz CT molecular complexity index is 858. The van der Waals surface area contributed by atoms with Gasteiger partial charge in [-0.15, -0.1) is 0 Å². The third-order valence-electron chi connectivity index (χ3n) is 6.93. The summed E-state index contributed by atoms with van der Waals surface area (Å²) in [6.45, 7) is 1.39. The van der Waals surface area contributed by atoms with Crippen LogP contribution in [-0.2, 0) is 6.54 Å². The number of methoxy groups -OCH3 is 2. The number of benzene rings is 2. The smallest absolute Gasteiger partial charge is 0.132 e. The molecule has 2 aromatic rings. The lowest BCUT2D eigenvalue weighted by atomic mass is 9.66. The van der Waals surface area contributed by atoms with E-state index in [0.717, 1.165) is 61.3 Å². The van der Waals surface area contributed by atoms with Crippen LogP contribution in [0, 0.1) is 11.7 Å². The van der Waals surface area contributed by atoms with Crippen molar-refractivity contribution in [3.8, 4) is 11.5 Å². The summed E-state index contributed by atoms with van der Waals surface area (Å²) >= 11 is 0. The first kappa shape index (κ1) is 20.2. The summed E-state index contributed by atoms with van der Waals surface area (Å²) in [5.41, 5.74) is 1.11. The number of fused-ring (bicyclic) bond motifs is 1. The maximum absolute atomic E-state index is 14.4. The molecular formula is C24H31FNO3+. The van der Waals surface area contributed by atoms with Crippen LogP contribution in [-0.4, -0.2) is 31.5 Å². The summed E-state index contributed by atoms with van der Waals surface area (Å²) in [4.78, 5) is 1.28. The summed E-state index contributed by atoms with van der Waals surface area (Å²) in [5, 5.41) is 11.5. The minimum atomic E-state index is -0.657. The summed E-state index contributed by atoms with van der Waals surface area (Å²) in [6, 6.07) is 12.9. The second kappa shape index (κ2) is 8.33. The minimum absolute atomic E-state index is 0.0266. The Morgan fingerprint density at radius 3 is 2.69 bits per heavy atom. The fourth-order valence-electron chi connectivity index (χ4n) is 5.46. The van der Waals surface area contributed by atoms with E-state index >= 15 is 0 Å². The lowest BCUT2D eigenvalue weighted by molar-refractivity contribution is -0.958. The van der Waals surface area contributed by atoms with Crippen molar-refractivity contribution in [2.45, 2.75) is 50.3 Å². The molecule has 0 spiro atoms. The number of hydrogen-bond donors (Lipinski definition) is 2. The SMILES string of the molecule is COc1ccc(OC)c([C@H]2[C@H]3CCCC[C@@]3(O)CC[NH+]2Cc2ccccc2F)c1. The molecule has 4 rings (SSSR count). The van der Waals surface area contributed by atoms with Crippen LogP contribution in [0.4, 0.5) is 4.39 Å². The predicted octanol–water partition coefficient (Wildman–Crippen LogP) is 3.29. The summed E-state index contributed by atoms with van der Waals surface area (Å²) in [5.74, 6) is 1.53. The quantitative estimate of drug-likeness (QED) is 0.809. The number of hydrogen-bond acceptors (Lipinski definition) is 3. The van der Waals surface area contributed by atoms with Crippen molar-refractivity contribution in [1.82, 2.24) is 0 Å². The van der Waals surface area contributed by atoms with Gasteiger partial charge in [-0.2, -0.15) is 0 Å². The monoisotopic (exact) mass is 400 g/mol. The van der Waals surface area contributed by atoms with Crippen molar-refractivity contribution < 1.29 is 23.9 Å². The Hall–Kier alpha value is -2.11. The van der Waals surface area contributed by atoms with Crippen LogP contribution < -0.4 is 14.4 Å². The van der Waals surface area contributed by atoms with E-state index in [4.69, 9.17) is 9.47 Å². The Balaban J connectivity index is 1.78. The number of ether oxygens (including phenoxy) is 2. The van der Waals surface area contributed by atoms with Gasteiger partial charge in [-0.25, -0.2) is 4.39 Å². The molecule has 4 atom stereocenters. The molecule has 1 heterocycles. The van der Waals surface area contributed by atoms with E-state index < -0.39 is 5.60 Å². The molecule has 2 aromatic carbocycles. The van der Waals surface area contributed by atoms with Gasteiger partial charge >= 0.3 is 0 Å². The van der Waals surface area contributed by atoms with E-state index in [1.165, 1.54) is 11.0 Å². The zero-order valence-corrected chi connectivity index (χ0v) is 17.3. The molecule has 0 bridgehead atoms. The Kier molecular flexibility index (Phi) is 5.79. The van der Waals surface area contributed by atoms with E-state index in [1.54, 1.807) is 20.3 Å². The largest absolute Gasteiger partial charge is 0.497 e. The number of rotatable bonds is 5. The molecule has 0 aromatic heterocycles. The summed E-state index contributed by atoms with van der Waals surface area (Å²) in [6.07, 6.45) is 4.75. The first-order valence-electron chi connectivity index (χ1n) is 10.6. The first-order valence-corrected chi connectivity index (χ1v) is 10.6. The number of aliphatic hydroxyl groups is 1. The third-order valence-corrected chi connectivity index (χ3v) is 6.93. The summed E-state index contributed by atoms with van der Waals surface area (Å²) < 4.78 is 25.6. The highest BCUT2D eigenvalue weighted by atomic mass is 19.1. The molecule has 0 amide bonds. The predicted molar refractivity (Wildman–Crippen MR) is 110 cm³/mol. The number of likely N-dealkylation sites (tertiary alicyclic amines) is 1. The zero-order chi connectivity index (χ0) is 20.4. The number of piperidine rings is 1. The van der Waals surface area contributed by atoms with Crippen molar-refractivity contribution in [2.75, 3.05) is 20.8 Å². The lowest BCUT2D eigenvalue weighted by Crippen LogP contribution is -3.13. The Labute approximate surface area is 172 Å². The van der Waals surface area contributed by atoms with Gasteiger partial charge in [-0.1, -0.05) is 31.0 Å². The summed E-state index contributed by atoms with van der Waals surface area (Å²) in [7, 11) is 3.34. The van der Waals surface area contributed by atoms with Crippen LogP contribution in [0.3, 0.4) is 0 Å². The molecule has 1 unspecified atom stereocenters. The van der Waals surface area contributed by atoms with E-state index in [0.29, 0.717) is 6.54 Å². The number of halogens is 1. The first-order chi connectivity index (χ1) is 14.1. The van der Waals surface area contributed by atoms with Crippen molar-refractivity contribution in [1.29, 1.82) is 0 Å². The van der Waals surface area contributed by atoms with Crippen molar-refractivity contribution in [3.05, 3.63) is 59.4 Å². The van der Waals surface area contributed by atoms with E-state index in [2.05, 4.69) is 0 Å². The standard InChI is InChI=1S/C24H30FNO3/c1-28-18-10-11-22(29-2)19(15-18)23-20-8-5-6-12-24(20,27)13-14-26(23)16-17-7-3-4-9-21(17)25/h3-4,7,9-11,15,20,23,27H,5-6,8,12-14,16H2,1-2H3/p+1/t20-,23+,24-/m1/s1. The second-order valence-electron chi connectivity index (χ2n) is 8.47. The molecule has 0 radical (unpaired) electrons. The molecule has 1 saturated heterocycles. The third kappa shape index (κ3) is 3.86. The average Bonchev–Trinajstić information content (AvgIpc) is 2.74. The van der Waals surface area contributed by atoms with Gasteiger partial charge in [-0.05, 0) is 37.1 Å². The second-order valence-corrected chi connectivity index (χ2v) is 8.47. The van der Waals surface area contributed by atoms with Crippen LogP contribution >= 0.6 is 0 Å². The van der Waals surface area contributed by atoms with E-state index in [-0.39, 0.29) is 17.8 Å². The molecule has 156 valence electrons. The Morgan fingerprint density at radius 1 is 1.10 bits per heavy atom. The number of nitrogens with one attached hydrogen (secondary N) is 1.